The van der Waals surface area contributed by atoms with Gasteiger partial charge in [0.15, 0.2) is 0 Å². The second-order valence-corrected chi connectivity index (χ2v) is 5.99. The molecule has 2 aliphatic rings. The van der Waals surface area contributed by atoms with Crippen LogP contribution in [0.25, 0.3) is 0 Å². The van der Waals surface area contributed by atoms with Crippen LogP contribution < -0.4 is 0 Å². The maximum atomic E-state index is 6.03. The van der Waals surface area contributed by atoms with E-state index in [1.807, 2.05) is 11.8 Å². The normalized spacial score (nSPS) is 36.1. The molecule has 0 aromatic heterocycles. The number of hydrogen-bond donors (Lipinski definition) is 0. The molecule has 2 aliphatic heterocycles. The van der Waals surface area contributed by atoms with Crippen molar-refractivity contribution in [1.29, 1.82) is 0 Å². The van der Waals surface area contributed by atoms with Crippen molar-refractivity contribution in [2.75, 3.05) is 0 Å². The minimum absolute atomic E-state index is 0.623. The second-order valence-electron chi connectivity index (χ2n) is 2.92. The molecule has 0 nitrogen and oxygen atoms in total. The van der Waals surface area contributed by atoms with Crippen molar-refractivity contribution >= 4 is 35.1 Å². The molecular formula is C8H9ClS2. The molecule has 0 fully saturated rings. The average molecular weight is 205 g/mol. The van der Waals surface area contributed by atoms with Crippen LogP contribution >= 0.6 is 35.1 Å². The van der Waals surface area contributed by atoms with E-state index >= 15 is 0 Å². The molecule has 0 amide bonds. The van der Waals surface area contributed by atoms with E-state index in [2.05, 4.69) is 19.3 Å². The SMILES string of the molecule is CC1=CSC2SC(Cl)=C(C)C12. The summed E-state index contributed by atoms with van der Waals surface area (Å²) in [4.78, 5) is 0. The zero-order valence-corrected chi connectivity index (χ0v) is 8.82. The van der Waals surface area contributed by atoms with E-state index < -0.39 is 0 Å². The van der Waals surface area contributed by atoms with Gasteiger partial charge in [-0.3, -0.25) is 0 Å². The summed E-state index contributed by atoms with van der Waals surface area (Å²) in [5.74, 6) is 0.623. The highest BCUT2D eigenvalue weighted by atomic mass is 35.5. The average Bonchev–Trinajstić information content (AvgIpc) is 2.41. The van der Waals surface area contributed by atoms with E-state index in [9.17, 15) is 0 Å². The molecule has 11 heavy (non-hydrogen) atoms. The lowest BCUT2D eigenvalue weighted by Gasteiger charge is -2.10. The molecule has 0 radical (unpaired) electrons. The number of allylic oxidation sites excluding steroid dienone is 2. The Kier molecular flexibility index (Phi) is 2.02. The summed E-state index contributed by atoms with van der Waals surface area (Å²) in [6.45, 7) is 4.33. The van der Waals surface area contributed by atoms with Gasteiger partial charge in [-0.2, -0.15) is 0 Å². The molecule has 2 atom stereocenters. The first-order chi connectivity index (χ1) is 5.20. The molecule has 60 valence electrons. The summed E-state index contributed by atoms with van der Waals surface area (Å²) in [5, 5.41) is 2.26. The summed E-state index contributed by atoms with van der Waals surface area (Å²) in [6.07, 6.45) is 0. The van der Waals surface area contributed by atoms with Gasteiger partial charge in [0.2, 0.25) is 0 Å². The standard InChI is InChI=1S/C8H9ClS2/c1-4-3-10-8-6(4)5(2)7(9)11-8/h3,6,8H,1-2H3. The van der Waals surface area contributed by atoms with Crippen molar-refractivity contribution in [3.8, 4) is 0 Å². The van der Waals surface area contributed by atoms with Crippen LogP contribution in [0.3, 0.4) is 0 Å². The van der Waals surface area contributed by atoms with Crippen LogP contribution in [-0.2, 0) is 0 Å². The molecule has 0 saturated heterocycles. The monoisotopic (exact) mass is 204 g/mol. The maximum absolute atomic E-state index is 6.03. The van der Waals surface area contributed by atoms with Gasteiger partial charge in [-0.1, -0.05) is 28.9 Å². The first-order valence-electron chi connectivity index (χ1n) is 3.55. The third kappa shape index (κ3) is 1.16. The molecular weight excluding hydrogens is 196 g/mol. The number of thioether (sulfide) groups is 2. The molecule has 0 spiro atoms. The molecule has 0 aliphatic carbocycles. The number of hydrogen-bond acceptors (Lipinski definition) is 2. The summed E-state index contributed by atoms with van der Waals surface area (Å²) in [6, 6.07) is 0. The third-order valence-corrected chi connectivity index (χ3v) is 5.42. The van der Waals surface area contributed by atoms with Crippen LogP contribution in [-0.4, -0.2) is 4.58 Å². The lowest BCUT2D eigenvalue weighted by molar-refractivity contribution is 0.814. The van der Waals surface area contributed by atoms with Crippen LogP contribution in [0.4, 0.5) is 0 Å². The van der Waals surface area contributed by atoms with Gasteiger partial charge in [0.05, 0.1) is 8.95 Å². The van der Waals surface area contributed by atoms with Gasteiger partial charge in [-0.25, -0.2) is 0 Å². The minimum Gasteiger partial charge on any atom is -0.118 e. The Morgan fingerprint density at radius 1 is 1.45 bits per heavy atom. The Labute approximate surface area is 80.5 Å². The second kappa shape index (κ2) is 2.75. The fourth-order valence-corrected chi connectivity index (χ4v) is 4.88. The van der Waals surface area contributed by atoms with Crippen molar-refractivity contribution in [2.24, 2.45) is 5.92 Å². The molecule has 0 saturated carbocycles. The van der Waals surface area contributed by atoms with Crippen molar-refractivity contribution in [3.05, 3.63) is 20.9 Å². The molecule has 2 heterocycles. The Balaban J connectivity index is 2.33. The molecule has 0 N–H and O–H groups in total. The minimum atomic E-state index is 0.623. The predicted molar refractivity (Wildman–Crippen MR) is 54.8 cm³/mol. The van der Waals surface area contributed by atoms with E-state index in [0.29, 0.717) is 10.5 Å². The lowest BCUT2D eigenvalue weighted by atomic mass is 9.98. The Morgan fingerprint density at radius 3 is 2.82 bits per heavy atom. The molecule has 0 aromatic carbocycles. The number of rotatable bonds is 0. The Morgan fingerprint density at radius 2 is 2.18 bits per heavy atom. The topological polar surface area (TPSA) is 0 Å². The van der Waals surface area contributed by atoms with Gasteiger partial charge in [0.25, 0.3) is 0 Å². The zero-order chi connectivity index (χ0) is 8.01. The molecule has 0 bridgehead atoms. The Hall–Kier alpha value is 0.470. The highest BCUT2D eigenvalue weighted by molar-refractivity contribution is 8.21. The number of fused-ring (bicyclic) bond motifs is 1. The van der Waals surface area contributed by atoms with E-state index in [-0.39, 0.29) is 0 Å². The lowest BCUT2D eigenvalue weighted by Crippen LogP contribution is -2.05. The smallest absolute Gasteiger partial charge is 0.0742 e. The van der Waals surface area contributed by atoms with Crippen LogP contribution in [0, 0.1) is 5.92 Å². The Bertz CT molecular complexity index is 255. The highest BCUT2D eigenvalue weighted by Gasteiger charge is 2.37. The number of halogens is 1. The van der Waals surface area contributed by atoms with Crippen molar-refractivity contribution < 1.29 is 0 Å². The first-order valence-corrected chi connectivity index (χ1v) is 5.75. The zero-order valence-electron chi connectivity index (χ0n) is 6.43. The molecule has 2 rings (SSSR count). The quantitative estimate of drug-likeness (QED) is 0.589. The summed E-state index contributed by atoms with van der Waals surface area (Å²) in [5.41, 5.74) is 2.83. The third-order valence-electron chi connectivity index (χ3n) is 2.15. The van der Waals surface area contributed by atoms with Crippen molar-refractivity contribution in [1.82, 2.24) is 0 Å². The summed E-state index contributed by atoms with van der Waals surface area (Å²) < 4.78 is 1.66. The van der Waals surface area contributed by atoms with Crippen LogP contribution in [0.15, 0.2) is 20.9 Å². The van der Waals surface area contributed by atoms with Crippen molar-refractivity contribution in [2.45, 2.75) is 18.4 Å². The van der Waals surface area contributed by atoms with Gasteiger partial charge in [0.1, 0.15) is 0 Å². The highest BCUT2D eigenvalue weighted by Crippen LogP contribution is 2.55. The van der Waals surface area contributed by atoms with Gasteiger partial charge in [0, 0.05) is 5.92 Å². The van der Waals surface area contributed by atoms with Gasteiger partial charge >= 0.3 is 0 Å². The van der Waals surface area contributed by atoms with Gasteiger partial charge in [-0.15, -0.1) is 11.8 Å². The van der Waals surface area contributed by atoms with Crippen LogP contribution in [0.1, 0.15) is 13.8 Å². The largest absolute Gasteiger partial charge is 0.118 e. The molecule has 3 heteroatoms. The fraction of sp³-hybridized carbons (Fsp3) is 0.500. The maximum Gasteiger partial charge on any atom is 0.0742 e. The predicted octanol–water partition coefficient (Wildman–Crippen LogP) is 3.80. The first kappa shape index (κ1) is 8.09. The van der Waals surface area contributed by atoms with E-state index in [4.69, 9.17) is 11.6 Å². The van der Waals surface area contributed by atoms with E-state index in [1.165, 1.54) is 11.1 Å². The fourth-order valence-electron chi connectivity index (χ4n) is 1.50. The van der Waals surface area contributed by atoms with E-state index in [1.54, 1.807) is 11.8 Å². The molecule has 2 unspecified atom stereocenters. The molecule has 0 aromatic rings. The summed E-state index contributed by atoms with van der Waals surface area (Å²) in [7, 11) is 0. The van der Waals surface area contributed by atoms with Crippen LogP contribution in [0.2, 0.25) is 0 Å². The summed E-state index contributed by atoms with van der Waals surface area (Å²) >= 11 is 9.74. The van der Waals surface area contributed by atoms with Gasteiger partial charge < -0.3 is 0 Å². The van der Waals surface area contributed by atoms with Gasteiger partial charge in [-0.05, 0) is 24.8 Å². The van der Waals surface area contributed by atoms with Crippen LogP contribution in [0.5, 0.6) is 0 Å². The van der Waals surface area contributed by atoms with E-state index in [0.717, 1.165) is 4.36 Å². The van der Waals surface area contributed by atoms with Crippen molar-refractivity contribution in [3.63, 3.8) is 0 Å².